The number of ketones is 1. The Bertz CT molecular complexity index is 1010. The average molecular weight is 444 g/mol. The van der Waals surface area contributed by atoms with Crippen LogP contribution in [0.3, 0.4) is 0 Å². The molecule has 6 nitrogen and oxygen atoms in total. The summed E-state index contributed by atoms with van der Waals surface area (Å²) in [5, 5.41) is 5.64. The number of carbonyl (C=O) groups excluding carboxylic acids is 1. The summed E-state index contributed by atoms with van der Waals surface area (Å²) >= 11 is 12.2. The fourth-order valence-electron chi connectivity index (χ4n) is 3.74. The number of aromatic nitrogens is 3. The first-order chi connectivity index (χ1) is 14.5. The van der Waals surface area contributed by atoms with Crippen LogP contribution in [0.2, 0.25) is 10.0 Å². The molecule has 1 aromatic carbocycles. The largest absolute Gasteiger partial charge is 0.369 e. The number of pyridine rings is 1. The van der Waals surface area contributed by atoms with Crippen LogP contribution in [0.4, 0.5) is 5.69 Å². The molecule has 1 saturated heterocycles. The Morgan fingerprint density at radius 3 is 2.47 bits per heavy atom. The Morgan fingerprint density at radius 2 is 1.80 bits per heavy atom. The number of anilines is 1. The van der Waals surface area contributed by atoms with E-state index in [9.17, 15) is 4.79 Å². The van der Waals surface area contributed by atoms with Gasteiger partial charge in [-0.25, -0.2) is 9.67 Å². The van der Waals surface area contributed by atoms with Crippen molar-refractivity contribution in [2.24, 2.45) is 0 Å². The number of piperazine rings is 1. The molecular weight excluding hydrogens is 421 g/mol. The molecule has 8 heteroatoms. The van der Waals surface area contributed by atoms with Crippen molar-refractivity contribution in [3.8, 4) is 5.82 Å². The lowest BCUT2D eigenvalue weighted by Crippen LogP contribution is -2.46. The highest BCUT2D eigenvalue weighted by Gasteiger charge is 2.20. The monoisotopic (exact) mass is 443 g/mol. The van der Waals surface area contributed by atoms with Gasteiger partial charge in [0.15, 0.2) is 11.6 Å². The molecule has 2 aromatic heterocycles. The van der Waals surface area contributed by atoms with Crippen molar-refractivity contribution in [2.45, 2.75) is 13.3 Å². The van der Waals surface area contributed by atoms with E-state index in [4.69, 9.17) is 23.2 Å². The van der Waals surface area contributed by atoms with Crippen LogP contribution in [0.25, 0.3) is 5.82 Å². The first kappa shape index (κ1) is 20.8. The van der Waals surface area contributed by atoms with Crippen LogP contribution in [-0.4, -0.2) is 58.2 Å². The third-order valence-electron chi connectivity index (χ3n) is 5.42. The van der Waals surface area contributed by atoms with Crippen LogP contribution in [0.15, 0.2) is 48.8 Å². The molecule has 0 N–H and O–H groups in total. The van der Waals surface area contributed by atoms with E-state index in [1.54, 1.807) is 23.1 Å². The second kappa shape index (κ2) is 9.16. The Morgan fingerprint density at radius 1 is 1.07 bits per heavy atom. The first-order valence-corrected chi connectivity index (χ1v) is 10.7. The van der Waals surface area contributed by atoms with E-state index in [0.717, 1.165) is 44.1 Å². The molecule has 0 amide bonds. The quantitative estimate of drug-likeness (QED) is 0.532. The van der Waals surface area contributed by atoms with Crippen LogP contribution in [0.1, 0.15) is 22.5 Å². The Balaban J connectivity index is 1.32. The normalized spacial score (nSPS) is 14.8. The molecule has 156 valence electrons. The first-order valence-electron chi connectivity index (χ1n) is 9.94. The number of hydrogen-bond donors (Lipinski definition) is 0. The smallest absolute Gasteiger partial charge is 0.167 e. The van der Waals surface area contributed by atoms with Crippen LogP contribution in [-0.2, 0) is 0 Å². The molecule has 0 bridgehead atoms. The predicted molar refractivity (Wildman–Crippen MR) is 120 cm³/mol. The van der Waals surface area contributed by atoms with E-state index in [1.165, 1.54) is 0 Å². The fraction of sp³-hybridized carbons (Fsp3) is 0.318. The van der Waals surface area contributed by atoms with Gasteiger partial charge in [-0.05, 0) is 37.3 Å². The number of Topliss-reactive ketones (excluding diaryl/α,β-unsaturated/α-hetero) is 1. The number of carbonyl (C=O) groups is 1. The van der Waals surface area contributed by atoms with Gasteiger partial charge in [-0.1, -0.05) is 29.3 Å². The lowest BCUT2D eigenvalue weighted by molar-refractivity contribution is 0.0962. The Kier molecular flexibility index (Phi) is 6.37. The summed E-state index contributed by atoms with van der Waals surface area (Å²) in [6.07, 6.45) is 3.83. The molecule has 0 atom stereocenters. The molecule has 3 heterocycles. The van der Waals surface area contributed by atoms with Crippen LogP contribution in [0.5, 0.6) is 0 Å². The topological polar surface area (TPSA) is 54.3 Å². The van der Waals surface area contributed by atoms with E-state index in [1.807, 2.05) is 37.3 Å². The number of nitrogens with zero attached hydrogens (tertiary/aromatic N) is 5. The summed E-state index contributed by atoms with van der Waals surface area (Å²) < 4.78 is 1.71. The molecule has 0 radical (unpaired) electrons. The van der Waals surface area contributed by atoms with Gasteiger partial charge in [-0.2, -0.15) is 5.10 Å². The van der Waals surface area contributed by atoms with E-state index in [-0.39, 0.29) is 5.78 Å². The van der Waals surface area contributed by atoms with Crippen molar-refractivity contribution in [3.05, 3.63) is 70.1 Å². The molecule has 0 spiro atoms. The summed E-state index contributed by atoms with van der Waals surface area (Å²) in [6.45, 7) is 6.18. The molecule has 0 saturated carbocycles. The van der Waals surface area contributed by atoms with Gasteiger partial charge in [-0.3, -0.25) is 9.69 Å². The molecule has 1 aliphatic rings. The maximum absolute atomic E-state index is 12.8. The maximum Gasteiger partial charge on any atom is 0.167 e. The molecule has 30 heavy (non-hydrogen) atoms. The lowest BCUT2D eigenvalue weighted by Gasteiger charge is -2.36. The molecule has 1 fully saturated rings. The lowest BCUT2D eigenvalue weighted by atomic mass is 10.1. The average Bonchev–Trinajstić information content (AvgIpc) is 3.14. The summed E-state index contributed by atoms with van der Waals surface area (Å²) in [7, 11) is 0. The Hall–Kier alpha value is -2.41. The predicted octanol–water partition coefficient (Wildman–Crippen LogP) is 4.28. The van der Waals surface area contributed by atoms with Crippen molar-refractivity contribution >= 4 is 34.7 Å². The summed E-state index contributed by atoms with van der Waals surface area (Å²) in [6, 6.07) is 11.3. The van der Waals surface area contributed by atoms with E-state index in [2.05, 4.69) is 19.9 Å². The number of benzene rings is 1. The zero-order valence-corrected chi connectivity index (χ0v) is 18.3. The number of rotatable bonds is 6. The second-order valence-corrected chi connectivity index (χ2v) is 8.25. The SMILES string of the molecule is Cc1c(C(=O)CCN2CCN(c3cc(Cl)cc(Cl)c3)CC2)cnn1-c1ccccn1. The van der Waals surface area contributed by atoms with Crippen molar-refractivity contribution in [2.75, 3.05) is 37.6 Å². The van der Waals surface area contributed by atoms with E-state index >= 15 is 0 Å². The Labute approximate surface area is 186 Å². The van der Waals surface area contributed by atoms with Gasteiger partial charge >= 0.3 is 0 Å². The van der Waals surface area contributed by atoms with Gasteiger partial charge in [0.05, 0.1) is 17.5 Å². The molecule has 4 rings (SSSR count). The molecule has 1 aliphatic heterocycles. The van der Waals surface area contributed by atoms with Crippen LogP contribution >= 0.6 is 23.2 Å². The zero-order chi connectivity index (χ0) is 21.1. The van der Waals surface area contributed by atoms with Crippen molar-refractivity contribution < 1.29 is 4.79 Å². The third-order valence-corrected chi connectivity index (χ3v) is 5.85. The van der Waals surface area contributed by atoms with Crippen molar-refractivity contribution in [1.82, 2.24) is 19.7 Å². The summed E-state index contributed by atoms with van der Waals surface area (Å²) in [5.74, 6) is 0.824. The standard InChI is InChI=1S/C22H23Cl2N5O/c1-16-20(15-26-29(16)22-4-2-3-6-25-22)21(30)5-7-27-8-10-28(11-9-27)19-13-17(23)12-18(24)14-19/h2-4,6,12-15H,5,7-11H2,1H3. The molecule has 0 aliphatic carbocycles. The van der Waals surface area contributed by atoms with Gasteiger partial charge in [-0.15, -0.1) is 0 Å². The molecule has 3 aromatic rings. The van der Waals surface area contributed by atoms with Gasteiger partial charge < -0.3 is 4.90 Å². The number of halogens is 2. The van der Waals surface area contributed by atoms with Crippen LogP contribution < -0.4 is 4.90 Å². The van der Waals surface area contributed by atoms with Crippen molar-refractivity contribution in [3.63, 3.8) is 0 Å². The van der Waals surface area contributed by atoms with Gasteiger partial charge in [0.25, 0.3) is 0 Å². The van der Waals surface area contributed by atoms with E-state index < -0.39 is 0 Å². The molecular formula is C22H23Cl2N5O. The van der Waals surface area contributed by atoms with Crippen LogP contribution in [0, 0.1) is 6.92 Å². The summed E-state index contributed by atoms with van der Waals surface area (Å²) in [5.41, 5.74) is 2.52. The third kappa shape index (κ3) is 4.67. The zero-order valence-electron chi connectivity index (χ0n) is 16.8. The minimum Gasteiger partial charge on any atom is -0.369 e. The minimum absolute atomic E-state index is 0.110. The fourth-order valence-corrected chi connectivity index (χ4v) is 4.25. The molecule has 0 unspecified atom stereocenters. The number of hydrogen-bond acceptors (Lipinski definition) is 5. The highest BCUT2D eigenvalue weighted by molar-refractivity contribution is 6.35. The van der Waals surface area contributed by atoms with Crippen molar-refractivity contribution in [1.29, 1.82) is 0 Å². The maximum atomic E-state index is 12.8. The highest BCUT2D eigenvalue weighted by Crippen LogP contribution is 2.26. The van der Waals surface area contributed by atoms with Gasteiger partial charge in [0.2, 0.25) is 0 Å². The van der Waals surface area contributed by atoms with Gasteiger partial charge in [0.1, 0.15) is 0 Å². The highest BCUT2D eigenvalue weighted by atomic mass is 35.5. The van der Waals surface area contributed by atoms with E-state index in [0.29, 0.717) is 27.8 Å². The summed E-state index contributed by atoms with van der Waals surface area (Å²) in [4.78, 5) is 21.7. The minimum atomic E-state index is 0.110. The van der Waals surface area contributed by atoms with Gasteiger partial charge in [0, 0.05) is 61.1 Å². The second-order valence-electron chi connectivity index (χ2n) is 7.37.